The second-order valence-electron chi connectivity index (χ2n) is 2.76. The van der Waals surface area contributed by atoms with Gasteiger partial charge in [-0.15, -0.1) is 0 Å². The molecule has 0 saturated carbocycles. The summed E-state index contributed by atoms with van der Waals surface area (Å²) in [5.41, 5.74) is 0.883. The minimum absolute atomic E-state index is 0.258. The van der Waals surface area contributed by atoms with Crippen molar-refractivity contribution in [2.75, 3.05) is 26.1 Å². The Morgan fingerprint density at radius 2 is 1.93 bits per heavy atom. The van der Waals surface area contributed by atoms with Gasteiger partial charge in [0.2, 0.25) is 0 Å². The number of para-hydroxylation sites is 1. The number of hydrogen-bond donors (Lipinski definition) is 1. The molecule has 1 aromatic carbocycles. The summed E-state index contributed by atoms with van der Waals surface area (Å²) in [5, 5.41) is 3.83. The number of methoxy groups -OCH3 is 2. The fourth-order valence-electron chi connectivity index (χ4n) is 1.06. The SMILES string of the molecule is COC(CNc1ccccc1Cl)OC. The number of nitrogens with one attached hydrogen (secondary N) is 1. The lowest BCUT2D eigenvalue weighted by Gasteiger charge is -2.15. The number of rotatable bonds is 5. The van der Waals surface area contributed by atoms with Crippen LogP contribution in [0.5, 0.6) is 0 Å². The van der Waals surface area contributed by atoms with Crippen LogP contribution in [0.2, 0.25) is 5.02 Å². The van der Waals surface area contributed by atoms with Crippen LogP contribution in [0.25, 0.3) is 0 Å². The maximum Gasteiger partial charge on any atom is 0.173 e. The number of hydrogen-bond acceptors (Lipinski definition) is 3. The summed E-state index contributed by atoms with van der Waals surface area (Å²) in [6.07, 6.45) is -0.258. The maximum atomic E-state index is 5.95. The van der Waals surface area contributed by atoms with Crippen molar-refractivity contribution in [1.82, 2.24) is 0 Å². The Bertz CT molecular complexity index is 277. The molecular weight excluding hydrogens is 202 g/mol. The fraction of sp³-hybridized carbons (Fsp3) is 0.400. The molecule has 1 aromatic rings. The molecule has 0 aromatic heterocycles. The Kier molecular flexibility index (Phi) is 4.73. The van der Waals surface area contributed by atoms with Gasteiger partial charge in [-0.25, -0.2) is 0 Å². The lowest BCUT2D eigenvalue weighted by Crippen LogP contribution is -2.23. The third kappa shape index (κ3) is 3.18. The van der Waals surface area contributed by atoms with Gasteiger partial charge >= 0.3 is 0 Å². The molecule has 1 N–H and O–H groups in total. The molecule has 0 atom stereocenters. The Morgan fingerprint density at radius 1 is 1.29 bits per heavy atom. The monoisotopic (exact) mass is 215 g/mol. The van der Waals surface area contributed by atoms with Gasteiger partial charge in [0, 0.05) is 14.2 Å². The third-order valence-corrected chi connectivity index (χ3v) is 2.19. The van der Waals surface area contributed by atoms with Gasteiger partial charge in [-0.3, -0.25) is 0 Å². The van der Waals surface area contributed by atoms with Crippen molar-refractivity contribution in [3.63, 3.8) is 0 Å². The van der Waals surface area contributed by atoms with E-state index < -0.39 is 0 Å². The van der Waals surface area contributed by atoms with Gasteiger partial charge in [0.25, 0.3) is 0 Å². The average Bonchev–Trinajstić information content (AvgIpc) is 2.22. The molecule has 0 fully saturated rings. The first kappa shape index (κ1) is 11.3. The molecule has 3 nitrogen and oxygen atoms in total. The van der Waals surface area contributed by atoms with Crippen molar-refractivity contribution in [3.8, 4) is 0 Å². The van der Waals surface area contributed by atoms with Crippen molar-refractivity contribution in [1.29, 1.82) is 0 Å². The molecule has 0 aliphatic heterocycles. The molecule has 78 valence electrons. The van der Waals surface area contributed by atoms with Crippen LogP contribution in [0.1, 0.15) is 0 Å². The number of anilines is 1. The second kappa shape index (κ2) is 5.86. The third-order valence-electron chi connectivity index (χ3n) is 1.86. The smallest absolute Gasteiger partial charge is 0.173 e. The van der Waals surface area contributed by atoms with Gasteiger partial charge in [0.05, 0.1) is 17.3 Å². The van der Waals surface area contributed by atoms with Gasteiger partial charge < -0.3 is 14.8 Å². The highest BCUT2D eigenvalue weighted by molar-refractivity contribution is 6.33. The van der Waals surface area contributed by atoms with Crippen LogP contribution in [0.3, 0.4) is 0 Å². The lowest BCUT2D eigenvalue weighted by molar-refractivity contribution is -0.0914. The Labute approximate surface area is 89.0 Å². The largest absolute Gasteiger partial charge is 0.379 e. The van der Waals surface area contributed by atoms with Gasteiger partial charge in [-0.1, -0.05) is 23.7 Å². The van der Waals surface area contributed by atoms with Crippen molar-refractivity contribution >= 4 is 17.3 Å². The van der Waals surface area contributed by atoms with E-state index in [9.17, 15) is 0 Å². The van der Waals surface area contributed by atoms with E-state index >= 15 is 0 Å². The van der Waals surface area contributed by atoms with Crippen LogP contribution < -0.4 is 5.32 Å². The first-order chi connectivity index (χ1) is 6.77. The zero-order valence-corrected chi connectivity index (χ0v) is 9.04. The first-order valence-corrected chi connectivity index (χ1v) is 4.69. The molecule has 0 aliphatic rings. The quantitative estimate of drug-likeness (QED) is 0.765. The highest BCUT2D eigenvalue weighted by Gasteiger charge is 2.05. The van der Waals surface area contributed by atoms with Crippen molar-refractivity contribution < 1.29 is 9.47 Å². The molecule has 0 aliphatic carbocycles. The van der Waals surface area contributed by atoms with E-state index in [1.165, 1.54) is 0 Å². The summed E-state index contributed by atoms with van der Waals surface area (Å²) in [6.45, 7) is 0.566. The predicted molar refractivity (Wildman–Crippen MR) is 57.7 cm³/mol. The maximum absolute atomic E-state index is 5.95. The van der Waals surface area contributed by atoms with Crippen LogP contribution in [-0.4, -0.2) is 27.1 Å². The zero-order chi connectivity index (χ0) is 10.4. The molecule has 0 spiro atoms. The van der Waals surface area contributed by atoms with Gasteiger partial charge in [0.1, 0.15) is 0 Å². The van der Waals surface area contributed by atoms with Gasteiger partial charge in [0.15, 0.2) is 6.29 Å². The molecule has 0 bridgehead atoms. The van der Waals surface area contributed by atoms with Gasteiger partial charge in [-0.05, 0) is 12.1 Å². The molecule has 0 amide bonds. The molecule has 0 unspecified atom stereocenters. The summed E-state index contributed by atoms with van der Waals surface area (Å²) in [4.78, 5) is 0. The standard InChI is InChI=1S/C10H14ClNO2/c1-13-10(14-2)7-12-9-6-4-3-5-8(9)11/h3-6,10,12H,7H2,1-2H3. The van der Waals surface area contributed by atoms with Crippen molar-refractivity contribution in [2.45, 2.75) is 6.29 Å². The van der Waals surface area contributed by atoms with Crippen LogP contribution in [0, 0.1) is 0 Å². The molecule has 0 heterocycles. The predicted octanol–water partition coefficient (Wildman–Crippen LogP) is 2.37. The van der Waals surface area contributed by atoms with E-state index in [-0.39, 0.29) is 6.29 Å². The molecule has 0 radical (unpaired) electrons. The Balaban J connectivity index is 2.49. The first-order valence-electron chi connectivity index (χ1n) is 4.32. The van der Waals surface area contributed by atoms with Crippen LogP contribution in [-0.2, 0) is 9.47 Å². The molecular formula is C10H14ClNO2. The van der Waals surface area contributed by atoms with Crippen LogP contribution >= 0.6 is 11.6 Å². The summed E-state index contributed by atoms with van der Waals surface area (Å²) >= 11 is 5.95. The molecule has 1 rings (SSSR count). The minimum atomic E-state index is -0.258. The summed E-state index contributed by atoms with van der Waals surface area (Å²) in [7, 11) is 3.20. The molecule has 0 saturated heterocycles. The highest BCUT2D eigenvalue weighted by Crippen LogP contribution is 2.20. The van der Waals surface area contributed by atoms with E-state index in [1.807, 2.05) is 24.3 Å². The topological polar surface area (TPSA) is 30.5 Å². The normalized spacial score (nSPS) is 10.6. The number of benzene rings is 1. The Morgan fingerprint density at radius 3 is 2.50 bits per heavy atom. The fourth-order valence-corrected chi connectivity index (χ4v) is 1.26. The van der Waals surface area contributed by atoms with E-state index in [4.69, 9.17) is 21.1 Å². The van der Waals surface area contributed by atoms with E-state index in [0.717, 1.165) is 5.69 Å². The zero-order valence-electron chi connectivity index (χ0n) is 8.29. The van der Waals surface area contributed by atoms with Crippen molar-refractivity contribution in [3.05, 3.63) is 29.3 Å². The average molecular weight is 216 g/mol. The molecule has 4 heteroatoms. The summed E-state index contributed by atoms with van der Waals surface area (Å²) in [5.74, 6) is 0. The van der Waals surface area contributed by atoms with E-state index in [2.05, 4.69) is 5.32 Å². The van der Waals surface area contributed by atoms with Gasteiger partial charge in [-0.2, -0.15) is 0 Å². The lowest BCUT2D eigenvalue weighted by atomic mass is 10.3. The minimum Gasteiger partial charge on any atom is -0.379 e. The Hall–Kier alpha value is -0.770. The van der Waals surface area contributed by atoms with E-state index in [0.29, 0.717) is 11.6 Å². The second-order valence-corrected chi connectivity index (χ2v) is 3.17. The summed E-state index contributed by atoms with van der Waals surface area (Å²) in [6, 6.07) is 7.55. The van der Waals surface area contributed by atoms with Crippen LogP contribution in [0.15, 0.2) is 24.3 Å². The number of halogens is 1. The van der Waals surface area contributed by atoms with Crippen molar-refractivity contribution in [2.24, 2.45) is 0 Å². The highest BCUT2D eigenvalue weighted by atomic mass is 35.5. The molecule has 14 heavy (non-hydrogen) atoms. The van der Waals surface area contributed by atoms with E-state index in [1.54, 1.807) is 14.2 Å². The summed E-state index contributed by atoms with van der Waals surface area (Å²) < 4.78 is 10.1. The number of ether oxygens (including phenoxy) is 2. The van der Waals surface area contributed by atoms with Crippen LogP contribution in [0.4, 0.5) is 5.69 Å².